The molecule has 2 rings (SSSR count). The molecule has 5 nitrogen and oxygen atoms in total. The van der Waals surface area contributed by atoms with Gasteiger partial charge in [0.15, 0.2) is 0 Å². The molecule has 1 aromatic heterocycles. The van der Waals surface area contributed by atoms with Crippen LogP contribution in [0.4, 0.5) is 5.95 Å². The summed E-state index contributed by atoms with van der Waals surface area (Å²) in [6.07, 6.45) is 1.80. The first-order valence-electron chi connectivity index (χ1n) is 5.91. The summed E-state index contributed by atoms with van der Waals surface area (Å²) in [5, 5.41) is 10.1. The van der Waals surface area contributed by atoms with Crippen molar-refractivity contribution in [2.24, 2.45) is 0 Å². The Hall–Kier alpha value is -1.72. The second-order valence-electron chi connectivity index (χ2n) is 3.93. The highest BCUT2D eigenvalue weighted by molar-refractivity contribution is 5.78. The zero-order valence-corrected chi connectivity index (χ0v) is 10.4. The van der Waals surface area contributed by atoms with Crippen LogP contribution in [0.2, 0.25) is 0 Å². The van der Waals surface area contributed by atoms with E-state index in [4.69, 9.17) is 9.84 Å². The summed E-state index contributed by atoms with van der Waals surface area (Å²) in [4.78, 5) is 10.7. The van der Waals surface area contributed by atoms with Gasteiger partial charge in [-0.15, -0.1) is 0 Å². The summed E-state index contributed by atoms with van der Waals surface area (Å²) in [5.74, 6) is 0.625. The van der Waals surface area contributed by atoms with Crippen LogP contribution in [-0.2, 0) is 4.74 Å². The van der Waals surface area contributed by atoms with Gasteiger partial charge in [0, 0.05) is 31.8 Å². The molecule has 0 radical (unpaired) electrons. The molecule has 0 amide bonds. The fourth-order valence-electron chi connectivity index (χ4n) is 1.75. The minimum atomic E-state index is 0.0693. The van der Waals surface area contributed by atoms with Crippen LogP contribution < -0.4 is 4.90 Å². The molecule has 0 atom stereocenters. The normalized spacial score (nSPS) is 10.8. The third-order valence-electron chi connectivity index (χ3n) is 2.69. The summed E-state index contributed by atoms with van der Waals surface area (Å²) < 4.78 is 5.05. The molecule has 1 aromatic carbocycles. The van der Waals surface area contributed by atoms with Crippen LogP contribution in [0.5, 0.6) is 0 Å². The molecule has 0 saturated carbocycles. The number of benzene rings is 1. The van der Waals surface area contributed by atoms with E-state index in [0.717, 1.165) is 10.9 Å². The Morgan fingerprint density at radius 2 is 2.11 bits per heavy atom. The highest BCUT2D eigenvalue weighted by atomic mass is 16.5. The largest absolute Gasteiger partial charge is 0.395 e. The molecule has 18 heavy (non-hydrogen) atoms. The predicted octanol–water partition coefficient (Wildman–Crippen LogP) is 1.07. The Morgan fingerprint density at radius 3 is 2.89 bits per heavy atom. The van der Waals surface area contributed by atoms with Gasteiger partial charge in [-0.3, -0.25) is 0 Å². The second-order valence-corrected chi connectivity index (χ2v) is 3.93. The van der Waals surface area contributed by atoms with Crippen molar-refractivity contribution < 1.29 is 9.84 Å². The average Bonchev–Trinajstić information content (AvgIpc) is 2.43. The number of hydrogen-bond acceptors (Lipinski definition) is 5. The first-order chi connectivity index (χ1) is 8.85. The van der Waals surface area contributed by atoms with Crippen LogP contribution in [0.3, 0.4) is 0 Å². The molecular weight excluding hydrogens is 230 g/mol. The van der Waals surface area contributed by atoms with E-state index in [2.05, 4.69) is 9.97 Å². The van der Waals surface area contributed by atoms with Crippen LogP contribution in [0, 0.1) is 0 Å². The van der Waals surface area contributed by atoms with Gasteiger partial charge in [0.25, 0.3) is 0 Å². The van der Waals surface area contributed by atoms with E-state index in [1.165, 1.54) is 0 Å². The number of fused-ring (bicyclic) bond motifs is 1. The zero-order valence-electron chi connectivity index (χ0n) is 10.4. The van der Waals surface area contributed by atoms with Crippen LogP contribution >= 0.6 is 0 Å². The van der Waals surface area contributed by atoms with Crippen molar-refractivity contribution in [3.05, 3.63) is 30.5 Å². The van der Waals surface area contributed by atoms with Crippen molar-refractivity contribution in [2.75, 3.05) is 38.3 Å². The number of methoxy groups -OCH3 is 1. The maximum atomic E-state index is 9.07. The van der Waals surface area contributed by atoms with Gasteiger partial charge in [0.1, 0.15) is 0 Å². The van der Waals surface area contributed by atoms with Gasteiger partial charge < -0.3 is 14.7 Å². The van der Waals surface area contributed by atoms with Crippen LogP contribution in [0.1, 0.15) is 0 Å². The third kappa shape index (κ3) is 2.94. The van der Waals surface area contributed by atoms with Gasteiger partial charge >= 0.3 is 0 Å². The minimum absolute atomic E-state index is 0.0693. The smallest absolute Gasteiger partial charge is 0.226 e. The van der Waals surface area contributed by atoms with Gasteiger partial charge in [-0.2, -0.15) is 0 Å². The number of nitrogens with zero attached hydrogens (tertiary/aromatic N) is 3. The van der Waals surface area contributed by atoms with Gasteiger partial charge in [0.05, 0.1) is 18.7 Å². The Morgan fingerprint density at radius 1 is 1.28 bits per heavy atom. The first kappa shape index (κ1) is 12.7. The average molecular weight is 247 g/mol. The Balaban J connectivity index is 2.25. The molecule has 1 N–H and O–H groups in total. The number of anilines is 1. The number of para-hydroxylation sites is 1. The lowest BCUT2D eigenvalue weighted by molar-refractivity contribution is 0.202. The molecule has 1 heterocycles. The first-order valence-corrected chi connectivity index (χ1v) is 5.91. The fraction of sp³-hybridized carbons (Fsp3) is 0.385. The molecule has 96 valence electrons. The van der Waals surface area contributed by atoms with Crippen molar-refractivity contribution >= 4 is 16.9 Å². The molecule has 0 bridgehead atoms. The molecule has 2 aromatic rings. The number of aliphatic hydroxyl groups is 1. The van der Waals surface area contributed by atoms with Gasteiger partial charge in [-0.05, 0) is 6.07 Å². The predicted molar refractivity (Wildman–Crippen MR) is 70.7 cm³/mol. The van der Waals surface area contributed by atoms with Crippen LogP contribution in [-0.4, -0.2) is 48.5 Å². The summed E-state index contributed by atoms with van der Waals surface area (Å²) in [6.45, 7) is 1.81. The quantitative estimate of drug-likeness (QED) is 0.827. The van der Waals surface area contributed by atoms with E-state index < -0.39 is 0 Å². The molecule has 0 fully saturated rings. The summed E-state index contributed by atoms with van der Waals surface area (Å²) >= 11 is 0. The van der Waals surface area contributed by atoms with E-state index in [0.29, 0.717) is 25.6 Å². The van der Waals surface area contributed by atoms with Crippen molar-refractivity contribution in [1.29, 1.82) is 0 Å². The number of aromatic nitrogens is 2. The summed E-state index contributed by atoms with van der Waals surface area (Å²) in [7, 11) is 1.65. The van der Waals surface area contributed by atoms with Crippen molar-refractivity contribution in [1.82, 2.24) is 9.97 Å². The Bertz CT molecular complexity index is 504. The Kier molecular flexibility index (Phi) is 4.44. The lowest BCUT2D eigenvalue weighted by Gasteiger charge is -2.21. The lowest BCUT2D eigenvalue weighted by Crippen LogP contribution is -2.31. The van der Waals surface area contributed by atoms with E-state index in [9.17, 15) is 0 Å². The number of hydrogen-bond donors (Lipinski definition) is 1. The molecule has 0 unspecified atom stereocenters. The highest BCUT2D eigenvalue weighted by Crippen LogP contribution is 2.14. The zero-order chi connectivity index (χ0) is 12.8. The minimum Gasteiger partial charge on any atom is -0.395 e. The number of ether oxygens (including phenoxy) is 1. The SMILES string of the molecule is COCCN(CCO)c1ncc2ccccc2n1. The van der Waals surface area contributed by atoms with Crippen molar-refractivity contribution in [3.63, 3.8) is 0 Å². The van der Waals surface area contributed by atoms with Crippen molar-refractivity contribution in [2.45, 2.75) is 0 Å². The van der Waals surface area contributed by atoms with E-state index in [1.807, 2.05) is 29.2 Å². The lowest BCUT2D eigenvalue weighted by atomic mass is 10.2. The number of rotatable bonds is 6. The standard InChI is InChI=1S/C13H17N3O2/c1-18-9-7-16(6-8-17)13-14-10-11-4-2-3-5-12(11)15-13/h2-5,10,17H,6-9H2,1H3. The van der Waals surface area contributed by atoms with Crippen LogP contribution in [0.15, 0.2) is 30.5 Å². The monoisotopic (exact) mass is 247 g/mol. The molecule has 0 spiro atoms. The summed E-state index contributed by atoms with van der Waals surface area (Å²) in [5.41, 5.74) is 0.905. The van der Waals surface area contributed by atoms with Gasteiger partial charge in [0.2, 0.25) is 5.95 Å². The van der Waals surface area contributed by atoms with Crippen molar-refractivity contribution in [3.8, 4) is 0 Å². The van der Waals surface area contributed by atoms with Gasteiger partial charge in [-0.1, -0.05) is 18.2 Å². The molecule has 5 heteroatoms. The van der Waals surface area contributed by atoms with Gasteiger partial charge in [-0.25, -0.2) is 9.97 Å². The number of aliphatic hydroxyl groups excluding tert-OH is 1. The third-order valence-corrected chi connectivity index (χ3v) is 2.69. The molecule has 0 aliphatic heterocycles. The summed E-state index contributed by atoms with van der Waals surface area (Å²) in [6, 6.07) is 7.84. The maximum absolute atomic E-state index is 9.07. The Labute approximate surface area is 106 Å². The van der Waals surface area contributed by atoms with E-state index in [1.54, 1.807) is 13.3 Å². The molecule has 0 saturated heterocycles. The molecule has 0 aliphatic rings. The van der Waals surface area contributed by atoms with E-state index >= 15 is 0 Å². The fourth-order valence-corrected chi connectivity index (χ4v) is 1.75. The molecule has 0 aliphatic carbocycles. The second kappa shape index (κ2) is 6.28. The highest BCUT2D eigenvalue weighted by Gasteiger charge is 2.09. The van der Waals surface area contributed by atoms with Crippen LogP contribution in [0.25, 0.3) is 10.9 Å². The topological polar surface area (TPSA) is 58.5 Å². The van der Waals surface area contributed by atoms with E-state index in [-0.39, 0.29) is 6.61 Å². The molecular formula is C13H17N3O2. The maximum Gasteiger partial charge on any atom is 0.226 e.